The third-order valence-corrected chi connectivity index (χ3v) is 5.44. The number of hydrogen-bond donors (Lipinski definition) is 1. The Balaban J connectivity index is 2.39. The number of aliphatic hydroxyl groups is 1. The summed E-state index contributed by atoms with van der Waals surface area (Å²) in [4.78, 5) is 0.149. The average molecular weight is 301 g/mol. The predicted octanol–water partition coefficient (Wildman–Crippen LogP) is 0.849. The quantitative estimate of drug-likeness (QED) is 0.872. The summed E-state index contributed by atoms with van der Waals surface area (Å²) in [5, 5.41) is 9.28. The molecule has 1 aromatic rings. The lowest BCUT2D eigenvalue weighted by atomic mass is 10.2. The van der Waals surface area contributed by atoms with Crippen LogP contribution in [0.5, 0.6) is 11.5 Å². The first-order valence-corrected chi connectivity index (χ1v) is 7.83. The molecule has 0 saturated carbocycles. The maximum Gasteiger partial charge on any atom is 0.243 e. The summed E-state index contributed by atoms with van der Waals surface area (Å²) in [5.41, 5.74) is 0. The highest BCUT2D eigenvalue weighted by molar-refractivity contribution is 7.89. The van der Waals surface area contributed by atoms with Crippen molar-refractivity contribution in [3.05, 3.63) is 18.2 Å². The molecule has 112 valence electrons. The zero-order chi connectivity index (χ0) is 14.8. The van der Waals surface area contributed by atoms with Gasteiger partial charge in [0.2, 0.25) is 10.0 Å². The number of sulfonamides is 1. The molecule has 1 aliphatic rings. The number of ether oxygens (including phenoxy) is 2. The van der Waals surface area contributed by atoms with Gasteiger partial charge in [-0.3, -0.25) is 0 Å². The fourth-order valence-electron chi connectivity index (χ4n) is 2.42. The van der Waals surface area contributed by atoms with Crippen LogP contribution in [-0.2, 0) is 10.0 Å². The first-order chi connectivity index (χ1) is 9.54. The van der Waals surface area contributed by atoms with Crippen LogP contribution in [-0.4, -0.2) is 51.2 Å². The molecule has 20 heavy (non-hydrogen) atoms. The van der Waals surface area contributed by atoms with E-state index < -0.39 is 10.0 Å². The molecule has 1 fully saturated rings. The number of methoxy groups -OCH3 is 2. The van der Waals surface area contributed by atoms with Crippen molar-refractivity contribution in [2.45, 2.75) is 23.8 Å². The molecule has 2 rings (SSSR count). The van der Waals surface area contributed by atoms with Crippen molar-refractivity contribution < 1.29 is 23.0 Å². The van der Waals surface area contributed by atoms with Crippen LogP contribution in [0.2, 0.25) is 0 Å². The maximum absolute atomic E-state index is 12.6. The lowest BCUT2D eigenvalue weighted by Gasteiger charge is -2.22. The first-order valence-electron chi connectivity index (χ1n) is 6.39. The third-order valence-electron chi connectivity index (χ3n) is 3.50. The van der Waals surface area contributed by atoms with Gasteiger partial charge >= 0.3 is 0 Å². The Labute approximate surface area is 119 Å². The van der Waals surface area contributed by atoms with Gasteiger partial charge in [0, 0.05) is 18.7 Å². The SMILES string of the molecule is COc1ccc(S(=O)(=O)N2CCCC2CO)cc1OC. The van der Waals surface area contributed by atoms with E-state index in [2.05, 4.69) is 0 Å². The van der Waals surface area contributed by atoms with Crippen molar-refractivity contribution in [2.24, 2.45) is 0 Å². The molecule has 1 unspecified atom stereocenters. The second kappa shape index (κ2) is 5.99. The summed E-state index contributed by atoms with van der Waals surface area (Å²) >= 11 is 0. The van der Waals surface area contributed by atoms with E-state index in [1.807, 2.05) is 0 Å². The van der Waals surface area contributed by atoms with Crippen LogP contribution in [0, 0.1) is 0 Å². The van der Waals surface area contributed by atoms with E-state index >= 15 is 0 Å². The normalized spacial score (nSPS) is 20.1. The van der Waals surface area contributed by atoms with Crippen molar-refractivity contribution in [1.82, 2.24) is 4.31 Å². The van der Waals surface area contributed by atoms with E-state index in [0.29, 0.717) is 24.5 Å². The number of hydrogen-bond acceptors (Lipinski definition) is 5. The molecule has 1 atom stereocenters. The lowest BCUT2D eigenvalue weighted by molar-refractivity contribution is 0.213. The van der Waals surface area contributed by atoms with E-state index in [1.165, 1.54) is 30.7 Å². The molecule has 0 aromatic heterocycles. The fourth-order valence-corrected chi connectivity index (χ4v) is 4.12. The van der Waals surface area contributed by atoms with Crippen molar-refractivity contribution in [3.8, 4) is 11.5 Å². The lowest BCUT2D eigenvalue weighted by Crippen LogP contribution is -2.37. The van der Waals surface area contributed by atoms with Gasteiger partial charge in [-0.25, -0.2) is 8.42 Å². The highest BCUT2D eigenvalue weighted by atomic mass is 32.2. The molecule has 0 radical (unpaired) electrons. The summed E-state index contributed by atoms with van der Waals surface area (Å²) in [6.45, 7) is 0.272. The summed E-state index contributed by atoms with van der Waals surface area (Å²) in [5.74, 6) is 0.847. The molecule has 0 aliphatic carbocycles. The largest absolute Gasteiger partial charge is 0.493 e. The standard InChI is InChI=1S/C13H19NO5S/c1-18-12-6-5-11(8-13(12)19-2)20(16,17)14-7-3-4-10(14)9-15/h5-6,8,10,15H,3-4,7,9H2,1-2H3. The van der Waals surface area contributed by atoms with Crippen LogP contribution in [0.15, 0.2) is 23.1 Å². The van der Waals surface area contributed by atoms with E-state index in [-0.39, 0.29) is 17.5 Å². The van der Waals surface area contributed by atoms with Crippen LogP contribution < -0.4 is 9.47 Å². The summed E-state index contributed by atoms with van der Waals surface area (Å²) in [6.07, 6.45) is 1.45. The molecular weight excluding hydrogens is 282 g/mol. The minimum atomic E-state index is -3.62. The monoisotopic (exact) mass is 301 g/mol. The molecule has 6 nitrogen and oxygen atoms in total. The third kappa shape index (κ3) is 2.61. The average Bonchev–Trinajstić information content (AvgIpc) is 2.95. The molecule has 1 aliphatic heterocycles. The molecule has 0 bridgehead atoms. The van der Waals surface area contributed by atoms with Gasteiger partial charge in [0.15, 0.2) is 11.5 Å². The Morgan fingerprint density at radius 1 is 1.30 bits per heavy atom. The first kappa shape index (κ1) is 15.1. The number of benzene rings is 1. The van der Waals surface area contributed by atoms with Gasteiger partial charge in [-0.2, -0.15) is 4.31 Å². The van der Waals surface area contributed by atoms with E-state index in [0.717, 1.165) is 6.42 Å². The molecule has 7 heteroatoms. The smallest absolute Gasteiger partial charge is 0.243 e. The topological polar surface area (TPSA) is 76.1 Å². The molecular formula is C13H19NO5S. The zero-order valence-corrected chi connectivity index (χ0v) is 12.4. The van der Waals surface area contributed by atoms with E-state index in [1.54, 1.807) is 6.07 Å². The van der Waals surface area contributed by atoms with Crippen molar-refractivity contribution >= 4 is 10.0 Å². The van der Waals surface area contributed by atoms with Crippen molar-refractivity contribution in [1.29, 1.82) is 0 Å². The Bertz CT molecular complexity index is 572. The number of rotatable bonds is 5. The second-order valence-electron chi connectivity index (χ2n) is 4.61. The van der Waals surface area contributed by atoms with Crippen molar-refractivity contribution in [2.75, 3.05) is 27.4 Å². The molecule has 0 amide bonds. The van der Waals surface area contributed by atoms with Crippen LogP contribution in [0.1, 0.15) is 12.8 Å². The van der Waals surface area contributed by atoms with Gasteiger partial charge in [0.05, 0.1) is 25.7 Å². The van der Waals surface area contributed by atoms with Crippen molar-refractivity contribution in [3.63, 3.8) is 0 Å². The summed E-state index contributed by atoms with van der Waals surface area (Å²) in [6, 6.07) is 4.16. The molecule has 1 heterocycles. The summed E-state index contributed by atoms with van der Waals surface area (Å²) in [7, 11) is -0.666. The van der Waals surface area contributed by atoms with Crippen LogP contribution >= 0.6 is 0 Å². The summed E-state index contributed by atoms with van der Waals surface area (Å²) < 4.78 is 36.8. The van der Waals surface area contributed by atoms with Gasteiger partial charge in [-0.05, 0) is 25.0 Å². The number of aliphatic hydroxyl groups excluding tert-OH is 1. The number of nitrogens with zero attached hydrogens (tertiary/aromatic N) is 1. The zero-order valence-electron chi connectivity index (χ0n) is 11.6. The van der Waals surface area contributed by atoms with E-state index in [4.69, 9.17) is 9.47 Å². The maximum atomic E-state index is 12.6. The Kier molecular flexibility index (Phi) is 4.52. The molecule has 1 N–H and O–H groups in total. The predicted molar refractivity (Wildman–Crippen MR) is 73.5 cm³/mol. The minimum absolute atomic E-state index is 0.149. The Morgan fingerprint density at radius 3 is 2.60 bits per heavy atom. The fraction of sp³-hybridized carbons (Fsp3) is 0.538. The van der Waals surface area contributed by atoms with Crippen LogP contribution in [0.25, 0.3) is 0 Å². The molecule has 1 saturated heterocycles. The highest BCUT2D eigenvalue weighted by Crippen LogP contribution is 2.32. The Hall–Kier alpha value is -1.31. The van der Waals surface area contributed by atoms with Crippen LogP contribution in [0.4, 0.5) is 0 Å². The Morgan fingerprint density at radius 2 is 2.00 bits per heavy atom. The van der Waals surface area contributed by atoms with Gasteiger partial charge in [-0.1, -0.05) is 0 Å². The second-order valence-corrected chi connectivity index (χ2v) is 6.50. The molecule has 1 aromatic carbocycles. The molecule has 0 spiro atoms. The highest BCUT2D eigenvalue weighted by Gasteiger charge is 2.35. The van der Waals surface area contributed by atoms with Gasteiger partial charge in [0.25, 0.3) is 0 Å². The van der Waals surface area contributed by atoms with E-state index in [9.17, 15) is 13.5 Å². The van der Waals surface area contributed by atoms with Gasteiger partial charge in [-0.15, -0.1) is 0 Å². The van der Waals surface area contributed by atoms with Gasteiger partial charge < -0.3 is 14.6 Å². The van der Waals surface area contributed by atoms with Crippen LogP contribution in [0.3, 0.4) is 0 Å². The van der Waals surface area contributed by atoms with Gasteiger partial charge in [0.1, 0.15) is 0 Å². The minimum Gasteiger partial charge on any atom is -0.493 e.